The average Bonchev–Trinajstić information content (AvgIpc) is 2.34. The molecule has 100 valence electrons. The Labute approximate surface area is 108 Å². The number of aliphatic hydroxyl groups is 1. The number of carbonyl (C=O) groups is 1. The number of aromatic nitrogens is 1. The summed E-state index contributed by atoms with van der Waals surface area (Å²) in [7, 11) is 0. The van der Waals surface area contributed by atoms with Gasteiger partial charge in [-0.1, -0.05) is 0 Å². The second-order valence-corrected chi connectivity index (χ2v) is 4.46. The fourth-order valence-electron chi connectivity index (χ4n) is 1.56. The zero-order valence-corrected chi connectivity index (χ0v) is 11.0. The van der Waals surface area contributed by atoms with Crippen molar-refractivity contribution in [3.05, 3.63) is 30.1 Å². The summed E-state index contributed by atoms with van der Waals surface area (Å²) < 4.78 is 0. The minimum atomic E-state index is -0.102. The number of rotatable bonds is 6. The van der Waals surface area contributed by atoms with Gasteiger partial charge in [0.15, 0.2) is 0 Å². The minimum Gasteiger partial charge on any atom is -0.396 e. The van der Waals surface area contributed by atoms with Gasteiger partial charge < -0.3 is 15.3 Å². The zero-order valence-electron chi connectivity index (χ0n) is 11.0. The maximum Gasteiger partial charge on any atom is 0.317 e. The number of hydrogen-bond acceptors (Lipinski definition) is 3. The summed E-state index contributed by atoms with van der Waals surface area (Å²) >= 11 is 0. The standard InChI is InChI=1S/C13H21N3O2/c1-11(2)15-13(18)16(8-3-9-17)10-12-4-6-14-7-5-12/h4-7,11,17H,3,8-10H2,1-2H3,(H,15,18). The Balaban J connectivity index is 2.63. The number of aliphatic hydroxyl groups excluding tert-OH is 1. The lowest BCUT2D eigenvalue weighted by atomic mass is 10.2. The molecule has 2 N–H and O–H groups in total. The second-order valence-electron chi connectivity index (χ2n) is 4.46. The van der Waals surface area contributed by atoms with E-state index in [-0.39, 0.29) is 18.7 Å². The van der Waals surface area contributed by atoms with Crippen molar-refractivity contribution in [2.75, 3.05) is 13.2 Å². The molecule has 0 spiro atoms. The average molecular weight is 251 g/mol. The number of urea groups is 1. The number of nitrogens with zero attached hydrogens (tertiary/aromatic N) is 2. The van der Waals surface area contributed by atoms with E-state index in [0.717, 1.165) is 5.56 Å². The molecule has 5 nitrogen and oxygen atoms in total. The first-order chi connectivity index (χ1) is 8.63. The normalized spacial score (nSPS) is 10.4. The monoisotopic (exact) mass is 251 g/mol. The van der Waals surface area contributed by atoms with Crippen LogP contribution in [0, 0.1) is 0 Å². The summed E-state index contributed by atoms with van der Waals surface area (Å²) in [5.41, 5.74) is 1.03. The molecular weight excluding hydrogens is 230 g/mol. The van der Waals surface area contributed by atoms with E-state index >= 15 is 0 Å². The highest BCUT2D eigenvalue weighted by atomic mass is 16.3. The van der Waals surface area contributed by atoms with Gasteiger partial charge in [0.25, 0.3) is 0 Å². The van der Waals surface area contributed by atoms with E-state index < -0.39 is 0 Å². The number of carbonyl (C=O) groups excluding carboxylic acids is 1. The Morgan fingerprint density at radius 1 is 1.44 bits per heavy atom. The Kier molecular flexibility index (Phi) is 6.14. The summed E-state index contributed by atoms with van der Waals surface area (Å²) in [6.45, 7) is 5.00. The minimum absolute atomic E-state index is 0.0851. The van der Waals surface area contributed by atoms with E-state index in [1.807, 2.05) is 26.0 Å². The molecule has 1 aromatic heterocycles. The first-order valence-electron chi connectivity index (χ1n) is 6.18. The molecule has 0 aliphatic heterocycles. The van der Waals surface area contributed by atoms with Gasteiger partial charge in [0.1, 0.15) is 0 Å². The van der Waals surface area contributed by atoms with Crippen LogP contribution in [-0.2, 0) is 6.54 Å². The first kappa shape index (κ1) is 14.4. The molecule has 1 aromatic rings. The van der Waals surface area contributed by atoms with Gasteiger partial charge in [0.2, 0.25) is 0 Å². The summed E-state index contributed by atoms with van der Waals surface area (Å²) in [5.74, 6) is 0. The number of pyridine rings is 1. The van der Waals surface area contributed by atoms with Crippen LogP contribution in [0.15, 0.2) is 24.5 Å². The van der Waals surface area contributed by atoms with Gasteiger partial charge >= 0.3 is 6.03 Å². The van der Waals surface area contributed by atoms with E-state index in [0.29, 0.717) is 19.5 Å². The third-order valence-electron chi connectivity index (χ3n) is 2.41. The molecule has 0 fully saturated rings. The molecule has 0 radical (unpaired) electrons. The van der Waals surface area contributed by atoms with Gasteiger partial charge in [-0.15, -0.1) is 0 Å². The Morgan fingerprint density at radius 3 is 2.67 bits per heavy atom. The van der Waals surface area contributed by atoms with Crippen LogP contribution in [0.3, 0.4) is 0 Å². The van der Waals surface area contributed by atoms with Crippen LogP contribution in [0.4, 0.5) is 4.79 Å². The predicted octanol–water partition coefficient (Wildman–Crippen LogP) is 1.38. The first-order valence-corrected chi connectivity index (χ1v) is 6.18. The quantitative estimate of drug-likeness (QED) is 0.803. The van der Waals surface area contributed by atoms with Crippen LogP contribution in [0.1, 0.15) is 25.8 Å². The molecule has 1 heterocycles. The van der Waals surface area contributed by atoms with Crippen LogP contribution in [-0.4, -0.2) is 40.2 Å². The molecule has 0 aliphatic rings. The fourth-order valence-corrected chi connectivity index (χ4v) is 1.56. The third-order valence-corrected chi connectivity index (χ3v) is 2.41. The maximum atomic E-state index is 12.0. The molecule has 1 rings (SSSR count). The number of nitrogens with one attached hydrogen (secondary N) is 1. The molecule has 18 heavy (non-hydrogen) atoms. The van der Waals surface area contributed by atoms with Crippen molar-refractivity contribution in [3.8, 4) is 0 Å². The van der Waals surface area contributed by atoms with Crippen molar-refractivity contribution in [2.24, 2.45) is 0 Å². The lowest BCUT2D eigenvalue weighted by Crippen LogP contribution is -2.43. The molecule has 0 bridgehead atoms. The summed E-state index contributed by atoms with van der Waals surface area (Å²) in [5, 5.41) is 11.7. The highest BCUT2D eigenvalue weighted by molar-refractivity contribution is 5.74. The third kappa shape index (κ3) is 5.14. The molecule has 0 aromatic carbocycles. The number of amides is 2. The van der Waals surface area contributed by atoms with Crippen molar-refractivity contribution in [2.45, 2.75) is 32.9 Å². The number of hydrogen-bond donors (Lipinski definition) is 2. The van der Waals surface area contributed by atoms with E-state index in [1.165, 1.54) is 0 Å². The molecule has 0 unspecified atom stereocenters. The van der Waals surface area contributed by atoms with E-state index in [4.69, 9.17) is 5.11 Å². The van der Waals surface area contributed by atoms with Gasteiger partial charge in [-0.2, -0.15) is 0 Å². The van der Waals surface area contributed by atoms with Crippen molar-refractivity contribution in [1.82, 2.24) is 15.2 Å². The molecule has 0 atom stereocenters. The van der Waals surface area contributed by atoms with Crippen molar-refractivity contribution in [1.29, 1.82) is 0 Å². The Hall–Kier alpha value is -1.62. The molecule has 0 saturated heterocycles. The summed E-state index contributed by atoms with van der Waals surface area (Å²) in [6, 6.07) is 3.77. The maximum absolute atomic E-state index is 12.0. The van der Waals surface area contributed by atoms with Gasteiger partial charge in [-0.25, -0.2) is 4.79 Å². The van der Waals surface area contributed by atoms with Gasteiger partial charge in [0.05, 0.1) is 0 Å². The largest absolute Gasteiger partial charge is 0.396 e. The predicted molar refractivity (Wildman–Crippen MR) is 70.0 cm³/mol. The van der Waals surface area contributed by atoms with Crippen LogP contribution < -0.4 is 5.32 Å². The lowest BCUT2D eigenvalue weighted by molar-refractivity contribution is 0.184. The van der Waals surface area contributed by atoms with Crippen molar-refractivity contribution in [3.63, 3.8) is 0 Å². The summed E-state index contributed by atoms with van der Waals surface area (Å²) in [6.07, 6.45) is 4.00. The second kappa shape index (κ2) is 7.66. The zero-order chi connectivity index (χ0) is 13.4. The molecular formula is C13H21N3O2. The van der Waals surface area contributed by atoms with E-state index in [1.54, 1.807) is 17.3 Å². The summed E-state index contributed by atoms with van der Waals surface area (Å²) in [4.78, 5) is 17.6. The van der Waals surface area contributed by atoms with Crippen LogP contribution in [0.2, 0.25) is 0 Å². The molecule has 5 heteroatoms. The van der Waals surface area contributed by atoms with E-state index in [9.17, 15) is 4.79 Å². The highest BCUT2D eigenvalue weighted by Crippen LogP contribution is 2.04. The molecule has 0 saturated carbocycles. The lowest BCUT2D eigenvalue weighted by Gasteiger charge is -2.24. The smallest absolute Gasteiger partial charge is 0.317 e. The Morgan fingerprint density at radius 2 is 2.11 bits per heavy atom. The van der Waals surface area contributed by atoms with Gasteiger partial charge in [-0.3, -0.25) is 4.98 Å². The van der Waals surface area contributed by atoms with Crippen LogP contribution >= 0.6 is 0 Å². The van der Waals surface area contributed by atoms with Crippen LogP contribution in [0.25, 0.3) is 0 Å². The van der Waals surface area contributed by atoms with Gasteiger partial charge in [0, 0.05) is 38.1 Å². The van der Waals surface area contributed by atoms with Crippen molar-refractivity contribution < 1.29 is 9.90 Å². The van der Waals surface area contributed by atoms with Crippen LogP contribution in [0.5, 0.6) is 0 Å². The molecule has 0 aliphatic carbocycles. The fraction of sp³-hybridized carbons (Fsp3) is 0.538. The van der Waals surface area contributed by atoms with E-state index in [2.05, 4.69) is 10.3 Å². The van der Waals surface area contributed by atoms with Gasteiger partial charge in [-0.05, 0) is 38.0 Å². The van der Waals surface area contributed by atoms with Crippen molar-refractivity contribution >= 4 is 6.03 Å². The topological polar surface area (TPSA) is 65.5 Å². The highest BCUT2D eigenvalue weighted by Gasteiger charge is 2.14. The SMILES string of the molecule is CC(C)NC(=O)N(CCCO)Cc1ccncc1. The Bertz CT molecular complexity index is 355. The molecule has 2 amide bonds.